The first-order valence-corrected chi connectivity index (χ1v) is 11.1. The highest BCUT2D eigenvalue weighted by Gasteiger charge is 2.25. The van der Waals surface area contributed by atoms with E-state index in [1.165, 1.54) is 6.07 Å². The van der Waals surface area contributed by atoms with Crippen LogP contribution in [0, 0.1) is 26.6 Å². The number of halogens is 1. The summed E-state index contributed by atoms with van der Waals surface area (Å²) in [5.74, 6) is -0.394. The van der Waals surface area contributed by atoms with Crippen LogP contribution in [-0.4, -0.2) is 37.0 Å². The summed E-state index contributed by atoms with van der Waals surface area (Å²) in [5, 5.41) is 1.79. The Morgan fingerprint density at radius 2 is 1.73 bits per heavy atom. The molecule has 0 aliphatic carbocycles. The molecule has 4 aromatic rings. The molecule has 0 bridgehead atoms. The minimum Gasteiger partial charge on any atom is -0.464 e. The summed E-state index contributed by atoms with van der Waals surface area (Å²) in [6, 6.07) is 8.62. The predicted molar refractivity (Wildman–Crippen MR) is 125 cm³/mol. The second-order valence-electron chi connectivity index (χ2n) is 8.66. The van der Waals surface area contributed by atoms with Gasteiger partial charge >= 0.3 is 5.63 Å². The van der Waals surface area contributed by atoms with Gasteiger partial charge in [-0.1, -0.05) is 12.1 Å². The van der Waals surface area contributed by atoms with Gasteiger partial charge in [-0.05, 0) is 50.1 Å². The Balaban J connectivity index is 1.39. The molecule has 1 fully saturated rings. The highest BCUT2D eigenvalue weighted by atomic mass is 19.1. The molecule has 1 aliphatic heterocycles. The normalized spacial score (nSPS) is 14.4. The average Bonchev–Trinajstić information content (AvgIpc) is 3.19. The van der Waals surface area contributed by atoms with Crippen molar-refractivity contribution >= 4 is 33.5 Å². The molecule has 0 saturated carbocycles. The molecule has 1 amide bonds. The smallest absolute Gasteiger partial charge is 0.340 e. The summed E-state index contributed by atoms with van der Waals surface area (Å²) < 4.78 is 25.4. The van der Waals surface area contributed by atoms with Crippen molar-refractivity contribution in [2.75, 3.05) is 31.1 Å². The van der Waals surface area contributed by atoms with E-state index in [1.807, 2.05) is 31.7 Å². The van der Waals surface area contributed by atoms with Crippen molar-refractivity contribution in [1.29, 1.82) is 0 Å². The molecule has 33 heavy (non-hydrogen) atoms. The minimum atomic E-state index is -0.496. The maximum atomic E-state index is 14.1. The molecule has 0 atom stereocenters. The van der Waals surface area contributed by atoms with Crippen molar-refractivity contribution in [3.8, 4) is 0 Å². The molecule has 2 aromatic heterocycles. The first-order valence-electron chi connectivity index (χ1n) is 11.1. The molecule has 1 aliphatic rings. The van der Waals surface area contributed by atoms with Gasteiger partial charge in [0.15, 0.2) is 0 Å². The topological polar surface area (TPSA) is 66.9 Å². The zero-order valence-corrected chi connectivity index (χ0v) is 18.9. The van der Waals surface area contributed by atoms with Crippen LogP contribution in [0.2, 0.25) is 0 Å². The number of carbonyl (C=O) groups excluding carboxylic acids is 1. The fourth-order valence-corrected chi connectivity index (χ4v) is 4.69. The summed E-state index contributed by atoms with van der Waals surface area (Å²) >= 11 is 0. The summed E-state index contributed by atoms with van der Waals surface area (Å²) in [5.41, 5.74) is 4.17. The van der Waals surface area contributed by atoms with Crippen molar-refractivity contribution in [1.82, 2.24) is 4.90 Å². The summed E-state index contributed by atoms with van der Waals surface area (Å²) in [4.78, 5) is 29.5. The quantitative estimate of drug-likeness (QED) is 0.432. The molecule has 0 radical (unpaired) electrons. The van der Waals surface area contributed by atoms with Crippen molar-refractivity contribution in [2.24, 2.45) is 0 Å². The summed E-state index contributed by atoms with van der Waals surface area (Å²) in [6.07, 6.45) is 1.67. The predicted octanol–water partition coefficient (Wildman–Crippen LogP) is 4.49. The summed E-state index contributed by atoms with van der Waals surface area (Å²) in [6.45, 7) is 7.72. The lowest BCUT2D eigenvalue weighted by Crippen LogP contribution is -2.49. The molecule has 1 saturated heterocycles. The number of fused-ring (bicyclic) bond motifs is 2. The largest absolute Gasteiger partial charge is 0.464 e. The molecule has 5 rings (SSSR count). The fraction of sp³-hybridized carbons (Fsp3) is 0.308. The fourth-order valence-electron chi connectivity index (χ4n) is 4.69. The van der Waals surface area contributed by atoms with E-state index in [0.717, 1.165) is 27.5 Å². The van der Waals surface area contributed by atoms with E-state index in [9.17, 15) is 14.0 Å². The number of aryl methyl sites for hydroxylation is 3. The van der Waals surface area contributed by atoms with Crippen LogP contribution in [-0.2, 0) is 11.2 Å². The van der Waals surface area contributed by atoms with Gasteiger partial charge in [-0.25, -0.2) is 9.18 Å². The number of rotatable bonds is 3. The first-order chi connectivity index (χ1) is 15.8. The van der Waals surface area contributed by atoms with Crippen LogP contribution >= 0.6 is 0 Å². The molecular weight excluding hydrogens is 423 g/mol. The average molecular weight is 448 g/mol. The van der Waals surface area contributed by atoms with Gasteiger partial charge in [0.2, 0.25) is 5.91 Å². The third-order valence-electron chi connectivity index (χ3n) is 6.69. The van der Waals surface area contributed by atoms with E-state index >= 15 is 0 Å². The highest BCUT2D eigenvalue weighted by Crippen LogP contribution is 2.32. The van der Waals surface area contributed by atoms with Crippen LogP contribution in [0.1, 0.15) is 22.3 Å². The van der Waals surface area contributed by atoms with Gasteiger partial charge < -0.3 is 18.6 Å². The molecule has 3 heterocycles. The number of hydrogen-bond acceptors (Lipinski definition) is 5. The zero-order valence-electron chi connectivity index (χ0n) is 18.9. The van der Waals surface area contributed by atoms with Crippen molar-refractivity contribution in [3.63, 3.8) is 0 Å². The molecule has 7 heteroatoms. The Morgan fingerprint density at radius 3 is 2.45 bits per heavy atom. The third kappa shape index (κ3) is 3.57. The summed E-state index contributed by atoms with van der Waals surface area (Å²) in [7, 11) is 0. The Kier molecular flexibility index (Phi) is 5.19. The van der Waals surface area contributed by atoms with Crippen LogP contribution in [0.25, 0.3) is 21.9 Å². The molecule has 0 N–H and O–H groups in total. The van der Waals surface area contributed by atoms with E-state index in [1.54, 1.807) is 29.4 Å². The van der Waals surface area contributed by atoms with Gasteiger partial charge in [-0.3, -0.25) is 4.79 Å². The number of piperazine rings is 1. The minimum absolute atomic E-state index is 0.0226. The van der Waals surface area contributed by atoms with Gasteiger partial charge in [-0.15, -0.1) is 0 Å². The molecule has 6 nitrogen and oxygen atoms in total. The number of carbonyl (C=O) groups is 1. The van der Waals surface area contributed by atoms with Gasteiger partial charge in [-0.2, -0.15) is 0 Å². The Morgan fingerprint density at radius 1 is 1.00 bits per heavy atom. The van der Waals surface area contributed by atoms with Gasteiger partial charge in [0, 0.05) is 42.5 Å². The number of furan rings is 1. The Hall–Kier alpha value is -3.61. The maximum absolute atomic E-state index is 14.1. The number of para-hydroxylation sites is 1. The lowest BCUT2D eigenvalue weighted by Gasteiger charge is -2.36. The van der Waals surface area contributed by atoms with Crippen LogP contribution in [0.4, 0.5) is 10.1 Å². The SMILES string of the molecule is Cc1coc2c(C)c3oc(=O)c(CC(=O)N4CCN(c5ccccc5F)CC4)c(C)c3cc12. The van der Waals surface area contributed by atoms with Crippen LogP contribution in [0.5, 0.6) is 0 Å². The van der Waals surface area contributed by atoms with E-state index in [-0.39, 0.29) is 18.1 Å². The third-order valence-corrected chi connectivity index (χ3v) is 6.69. The van der Waals surface area contributed by atoms with Crippen LogP contribution in [0.15, 0.2) is 50.2 Å². The Bertz CT molecular complexity index is 1440. The van der Waals surface area contributed by atoms with E-state index in [2.05, 4.69) is 0 Å². The zero-order chi connectivity index (χ0) is 23.3. The molecule has 2 aromatic carbocycles. The van der Waals surface area contributed by atoms with E-state index in [4.69, 9.17) is 8.83 Å². The maximum Gasteiger partial charge on any atom is 0.340 e. The standard InChI is InChI=1S/C26H25FN2O4/c1-15-14-32-24-17(3)25-19(12-18(15)24)16(2)20(26(31)33-25)13-23(30)29-10-8-28(9-11-29)22-7-5-4-6-21(22)27/h4-7,12,14H,8-11,13H2,1-3H3. The van der Waals surface area contributed by atoms with E-state index in [0.29, 0.717) is 48.6 Å². The Labute approximate surface area is 190 Å². The van der Waals surface area contributed by atoms with Crippen molar-refractivity contribution in [2.45, 2.75) is 27.2 Å². The van der Waals surface area contributed by atoms with Gasteiger partial charge in [0.1, 0.15) is 17.0 Å². The second-order valence-corrected chi connectivity index (χ2v) is 8.66. The molecule has 0 unspecified atom stereocenters. The van der Waals surface area contributed by atoms with Gasteiger partial charge in [0.25, 0.3) is 0 Å². The first kappa shape index (κ1) is 21.2. The molecule has 170 valence electrons. The monoisotopic (exact) mass is 448 g/mol. The van der Waals surface area contributed by atoms with Crippen molar-refractivity contribution in [3.05, 3.63) is 75.1 Å². The lowest BCUT2D eigenvalue weighted by atomic mass is 9.99. The number of amides is 1. The number of anilines is 1. The molecule has 0 spiro atoms. The van der Waals surface area contributed by atoms with Gasteiger partial charge in [0.05, 0.1) is 23.9 Å². The van der Waals surface area contributed by atoms with Crippen LogP contribution < -0.4 is 10.5 Å². The lowest BCUT2D eigenvalue weighted by molar-refractivity contribution is -0.130. The second kappa shape index (κ2) is 8.06. The van der Waals surface area contributed by atoms with Crippen LogP contribution in [0.3, 0.4) is 0 Å². The number of benzene rings is 2. The highest BCUT2D eigenvalue weighted by molar-refractivity contribution is 6.00. The van der Waals surface area contributed by atoms with E-state index < -0.39 is 5.63 Å². The van der Waals surface area contributed by atoms with Crippen molar-refractivity contribution < 1.29 is 18.0 Å². The number of nitrogens with zero attached hydrogens (tertiary/aromatic N) is 2. The number of hydrogen-bond donors (Lipinski definition) is 0. The molecular formula is C26H25FN2O4.